The first-order valence-corrected chi connectivity index (χ1v) is 7.03. The van der Waals surface area contributed by atoms with Crippen LogP contribution in [0.3, 0.4) is 0 Å². The fourth-order valence-corrected chi connectivity index (χ4v) is 2.05. The predicted molar refractivity (Wildman–Crippen MR) is 78.4 cm³/mol. The Labute approximate surface area is 131 Å². The Morgan fingerprint density at radius 2 is 2.00 bits per heavy atom. The van der Waals surface area contributed by atoms with Crippen LogP contribution in [0.25, 0.3) is 0 Å². The Morgan fingerprint density at radius 3 is 2.57 bits per heavy atom. The summed E-state index contributed by atoms with van der Waals surface area (Å²) in [5.74, 6) is -0.313. The van der Waals surface area contributed by atoms with Gasteiger partial charge >= 0.3 is 6.18 Å². The zero-order valence-electron chi connectivity index (χ0n) is 12.2. The molecule has 8 heteroatoms. The fourth-order valence-electron chi connectivity index (χ4n) is 2.05. The highest BCUT2D eigenvalue weighted by Crippen LogP contribution is 2.29. The minimum absolute atomic E-state index is 0.306. The van der Waals surface area contributed by atoms with Gasteiger partial charge in [-0.3, -0.25) is 4.79 Å². The van der Waals surface area contributed by atoms with Crippen LogP contribution >= 0.6 is 0 Å². The standard InChI is InChI=1S/C15H17F3N4O/c16-15(17,18)11-3-1-10(2-4-11)5-6-21-14(23)13(19)7-12-8-20-9-22-12/h1-4,8-9,13H,5-7,19H2,(H,20,22)(H,21,23). The van der Waals surface area contributed by atoms with Gasteiger partial charge in [0, 0.05) is 24.9 Å². The summed E-state index contributed by atoms with van der Waals surface area (Å²) in [6.45, 7) is 0.306. The molecule has 0 aliphatic carbocycles. The van der Waals surface area contributed by atoms with Gasteiger partial charge in [-0.05, 0) is 24.1 Å². The monoisotopic (exact) mass is 326 g/mol. The van der Waals surface area contributed by atoms with Crippen molar-refractivity contribution in [2.24, 2.45) is 5.73 Å². The van der Waals surface area contributed by atoms with E-state index in [1.807, 2.05) is 0 Å². The van der Waals surface area contributed by atoms with Crippen molar-refractivity contribution in [1.29, 1.82) is 0 Å². The van der Waals surface area contributed by atoms with E-state index in [9.17, 15) is 18.0 Å². The summed E-state index contributed by atoms with van der Waals surface area (Å²) in [4.78, 5) is 18.5. The fraction of sp³-hybridized carbons (Fsp3) is 0.333. The highest BCUT2D eigenvalue weighted by Gasteiger charge is 2.29. The molecule has 4 N–H and O–H groups in total. The van der Waals surface area contributed by atoms with Crippen molar-refractivity contribution in [3.63, 3.8) is 0 Å². The summed E-state index contributed by atoms with van der Waals surface area (Å²) < 4.78 is 37.3. The second-order valence-electron chi connectivity index (χ2n) is 5.12. The van der Waals surface area contributed by atoms with E-state index in [2.05, 4.69) is 15.3 Å². The van der Waals surface area contributed by atoms with Crippen molar-refractivity contribution in [2.45, 2.75) is 25.1 Å². The third-order valence-electron chi connectivity index (χ3n) is 3.33. The molecule has 1 aromatic heterocycles. The number of hydrogen-bond donors (Lipinski definition) is 3. The average molecular weight is 326 g/mol. The zero-order chi connectivity index (χ0) is 16.9. The highest BCUT2D eigenvalue weighted by atomic mass is 19.4. The van der Waals surface area contributed by atoms with E-state index in [-0.39, 0.29) is 5.91 Å². The number of carbonyl (C=O) groups is 1. The smallest absolute Gasteiger partial charge is 0.354 e. The number of carbonyl (C=O) groups excluding carboxylic acids is 1. The van der Waals surface area contributed by atoms with Crippen LogP contribution < -0.4 is 11.1 Å². The van der Waals surface area contributed by atoms with E-state index < -0.39 is 17.8 Å². The molecule has 2 aromatic rings. The van der Waals surface area contributed by atoms with E-state index in [4.69, 9.17) is 5.73 Å². The molecular formula is C15H17F3N4O. The number of aromatic amines is 1. The maximum Gasteiger partial charge on any atom is 0.416 e. The van der Waals surface area contributed by atoms with Crippen LogP contribution in [0.2, 0.25) is 0 Å². The number of amides is 1. The van der Waals surface area contributed by atoms with Gasteiger partial charge < -0.3 is 16.0 Å². The first-order valence-electron chi connectivity index (χ1n) is 7.03. The third-order valence-corrected chi connectivity index (χ3v) is 3.33. The SMILES string of the molecule is NC(Cc1cnc[nH]1)C(=O)NCCc1ccc(C(F)(F)F)cc1. The lowest BCUT2D eigenvalue weighted by Gasteiger charge is -2.12. The molecule has 1 unspecified atom stereocenters. The number of alkyl halides is 3. The van der Waals surface area contributed by atoms with Crippen LogP contribution in [-0.2, 0) is 23.8 Å². The van der Waals surface area contributed by atoms with Gasteiger partial charge in [0.15, 0.2) is 0 Å². The predicted octanol–water partition coefficient (Wildman–Crippen LogP) is 1.66. The van der Waals surface area contributed by atoms with Gasteiger partial charge in [-0.15, -0.1) is 0 Å². The average Bonchev–Trinajstić information content (AvgIpc) is 2.99. The van der Waals surface area contributed by atoms with Gasteiger partial charge in [0.2, 0.25) is 5.91 Å². The molecule has 0 aliphatic heterocycles. The van der Waals surface area contributed by atoms with Crippen LogP contribution in [0.4, 0.5) is 13.2 Å². The van der Waals surface area contributed by atoms with Crippen LogP contribution in [0.5, 0.6) is 0 Å². The van der Waals surface area contributed by atoms with Crippen LogP contribution in [-0.4, -0.2) is 28.5 Å². The van der Waals surface area contributed by atoms with Crippen LogP contribution in [0.15, 0.2) is 36.8 Å². The number of rotatable bonds is 6. The summed E-state index contributed by atoms with van der Waals surface area (Å²) in [5.41, 5.74) is 6.55. The van der Waals surface area contributed by atoms with Gasteiger partial charge in [-0.25, -0.2) is 4.98 Å². The van der Waals surface area contributed by atoms with E-state index in [0.29, 0.717) is 24.9 Å². The number of H-pyrrole nitrogens is 1. The maximum absolute atomic E-state index is 12.4. The number of hydrogen-bond acceptors (Lipinski definition) is 3. The third kappa shape index (κ3) is 5.10. The normalized spacial score (nSPS) is 12.9. The van der Waals surface area contributed by atoms with Crippen molar-refractivity contribution in [3.8, 4) is 0 Å². The number of aromatic nitrogens is 2. The number of nitrogens with one attached hydrogen (secondary N) is 2. The largest absolute Gasteiger partial charge is 0.416 e. The molecule has 2 rings (SSSR count). The second-order valence-corrected chi connectivity index (χ2v) is 5.12. The zero-order valence-corrected chi connectivity index (χ0v) is 12.2. The Kier molecular flexibility index (Phi) is 5.38. The number of benzene rings is 1. The molecule has 0 fully saturated rings. The minimum Gasteiger partial charge on any atom is -0.354 e. The molecule has 1 amide bonds. The van der Waals surface area contributed by atoms with Crippen molar-refractivity contribution in [1.82, 2.24) is 15.3 Å². The summed E-state index contributed by atoms with van der Waals surface area (Å²) in [6, 6.07) is 4.16. The van der Waals surface area contributed by atoms with Crippen molar-refractivity contribution < 1.29 is 18.0 Å². The number of nitrogens with two attached hydrogens (primary N) is 1. The molecule has 23 heavy (non-hydrogen) atoms. The lowest BCUT2D eigenvalue weighted by molar-refractivity contribution is -0.137. The quantitative estimate of drug-likeness (QED) is 0.755. The van der Waals surface area contributed by atoms with Gasteiger partial charge in [-0.2, -0.15) is 13.2 Å². The highest BCUT2D eigenvalue weighted by molar-refractivity contribution is 5.81. The second kappa shape index (κ2) is 7.28. The number of nitrogens with zero attached hydrogens (tertiary/aromatic N) is 1. The van der Waals surface area contributed by atoms with Crippen molar-refractivity contribution >= 4 is 5.91 Å². The lowest BCUT2D eigenvalue weighted by atomic mass is 10.1. The summed E-state index contributed by atoms with van der Waals surface area (Å²) >= 11 is 0. The molecule has 1 heterocycles. The molecule has 0 bridgehead atoms. The molecule has 1 atom stereocenters. The van der Waals surface area contributed by atoms with Gasteiger partial charge in [0.25, 0.3) is 0 Å². The minimum atomic E-state index is -4.34. The Bertz CT molecular complexity index is 623. The van der Waals surface area contributed by atoms with Crippen LogP contribution in [0.1, 0.15) is 16.8 Å². The number of halogens is 3. The molecule has 0 saturated carbocycles. The lowest BCUT2D eigenvalue weighted by Crippen LogP contribution is -2.42. The Hall–Kier alpha value is -2.35. The number of imidazole rings is 1. The molecular weight excluding hydrogens is 309 g/mol. The van der Waals surface area contributed by atoms with Crippen LogP contribution in [0, 0.1) is 0 Å². The molecule has 0 aliphatic rings. The molecule has 0 radical (unpaired) electrons. The Balaban J connectivity index is 1.77. The summed E-state index contributed by atoms with van der Waals surface area (Å²) in [6.07, 6.45) is -0.473. The molecule has 124 valence electrons. The first kappa shape index (κ1) is 17.0. The van der Waals surface area contributed by atoms with Gasteiger partial charge in [0.1, 0.15) is 0 Å². The van der Waals surface area contributed by atoms with Gasteiger partial charge in [-0.1, -0.05) is 12.1 Å². The molecule has 5 nitrogen and oxygen atoms in total. The summed E-state index contributed by atoms with van der Waals surface area (Å²) in [5, 5.41) is 2.67. The van der Waals surface area contributed by atoms with E-state index in [1.165, 1.54) is 18.5 Å². The Morgan fingerprint density at radius 1 is 1.30 bits per heavy atom. The van der Waals surface area contributed by atoms with E-state index >= 15 is 0 Å². The van der Waals surface area contributed by atoms with E-state index in [1.54, 1.807) is 6.20 Å². The van der Waals surface area contributed by atoms with Crippen molar-refractivity contribution in [3.05, 3.63) is 53.6 Å². The topological polar surface area (TPSA) is 83.8 Å². The molecule has 1 aromatic carbocycles. The summed E-state index contributed by atoms with van der Waals surface area (Å²) in [7, 11) is 0. The maximum atomic E-state index is 12.4. The first-order chi connectivity index (χ1) is 10.9. The molecule has 0 spiro atoms. The van der Waals surface area contributed by atoms with E-state index in [0.717, 1.165) is 17.8 Å². The molecule has 0 saturated heterocycles. The van der Waals surface area contributed by atoms with Gasteiger partial charge in [0.05, 0.1) is 17.9 Å². The van der Waals surface area contributed by atoms with Crippen molar-refractivity contribution in [2.75, 3.05) is 6.54 Å².